The normalized spacial score (nSPS) is 11.5. The summed E-state index contributed by atoms with van der Waals surface area (Å²) >= 11 is 1.43. The van der Waals surface area contributed by atoms with Gasteiger partial charge in [-0.05, 0) is 19.1 Å². The molecule has 0 saturated heterocycles. The number of thiazole rings is 1. The smallest absolute Gasteiger partial charge is 0.183 e. The average molecular weight is 248 g/mol. The zero-order chi connectivity index (χ0) is 12.3. The van der Waals surface area contributed by atoms with Gasteiger partial charge in [-0.25, -0.2) is 4.98 Å². The van der Waals surface area contributed by atoms with Crippen LogP contribution in [0.2, 0.25) is 0 Å². The number of nitrogens with one attached hydrogen (secondary N) is 1. The molecule has 0 spiro atoms. The molecule has 6 heteroatoms. The van der Waals surface area contributed by atoms with Gasteiger partial charge < -0.3 is 10.5 Å². The molecule has 2 aromatic rings. The van der Waals surface area contributed by atoms with Gasteiger partial charge in [-0.1, -0.05) is 22.6 Å². The van der Waals surface area contributed by atoms with Gasteiger partial charge in [0.2, 0.25) is 0 Å². The van der Waals surface area contributed by atoms with Gasteiger partial charge in [-0.2, -0.15) is 0 Å². The summed E-state index contributed by atoms with van der Waals surface area (Å²) in [6.45, 7) is 1.74. The predicted octanol–water partition coefficient (Wildman–Crippen LogP) is 2.45. The van der Waals surface area contributed by atoms with E-state index in [1.165, 1.54) is 11.3 Å². The van der Waals surface area contributed by atoms with Gasteiger partial charge in [-0.3, -0.25) is 4.98 Å². The lowest BCUT2D eigenvalue weighted by molar-refractivity contribution is 0.319. The Balaban J connectivity index is 2.56. The molecule has 88 valence electrons. The Morgan fingerprint density at radius 3 is 2.88 bits per heavy atom. The van der Waals surface area contributed by atoms with Crippen LogP contribution < -0.4 is 5.32 Å². The Morgan fingerprint density at radius 2 is 2.29 bits per heavy atom. The molecule has 0 fully saturated rings. The topological polar surface area (TPSA) is 70.4 Å². The van der Waals surface area contributed by atoms with Crippen molar-refractivity contribution in [3.63, 3.8) is 0 Å². The number of hydrogen-bond acceptors (Lipinski definition) is 6. The maximum absolute atomic E-state index is 8.87. The van der Waals surface area contributed by atoms with E-state index < -0.39 is 0 Å². The van der Waals surface area contributed by atoms with Crippen molar-refractivity contribution in [1.82, 2.24) is 9.97 Å². The summed E-state index contributed by atoms with van der Waals surface area (Å²) in [7, 11) is 1.80. The second kappa shape index (κ2) is 4.92. The van der Waals surface area contributed by atoms with Crippen molar-refractivity contribution in [2.45, 2.75) is 6.92 Å². The summed E-state index contributed by atoms with van der Waals surface area (Å²) in [6, 6.07) is 5.63. The number of oxime groups is 1. The second-order valence-corrected chi connectivity index (χ2v) is 4.35. The van der Waals surface area contributed by atoms with Gasteiger partial charge in [0.25, 0.3) is 0 Å². The van der Waals surface area contributed by atoms with Crippen molar-refractivity contribution in [3.05, 3.63) is 29.3 Å². The molecular formula is C11H12N4OS. The van der Waals surface area contributed by atoms with Gasteiger partial charge >= 0.3 is 0 Å². The molecule has 5 nitrogen and oxygen atoms in total. The van der Waals surface area contributed by atoms with Crippen LogP contribution in [0.4, 0.5) is 5.13 Å². The standard InChI is InChI=1S/C11H12N4OS/c1-7(15-16)10-9(14-11(12-2)17-10)8-5-3-4-6-13-8/h3-6,16H,1-2H3,(H,12,14)/b15-7+. The Morgan fingerprint density at radius 1 is 1.47 bits per heavy atom. The minimum absolute atomic E-state index is 0.532. The molecule has 0 aliphatic carbocycles. The van der Waals surface area contributed by atoms with Crippen LogP contribution in [0.25, 0.3) is 11.4 Å². The summed E-state index contributed by atoms with van der Waals surface area (Å²) in [5.41, 5.74) is 2.03. The Kier molecular flexibility index (Phi) is 3.34. The molecule has 0 atom stereocenters. The van der Waals surface area contributed by atoms with Crippen LogP contribution in [-0.4, -0.2) is 27.9 Å². The van der Waals surface area contributed by atoms with E-state index in [2.05, 4.69) is 20.4 Å². The lowest BCUT2D eigenvalue weighted by Gasteiger charge is -1.98. The molecule has 0 aliphatic rings. The van der Waals surface area contributed by atoms with Crippen molar-refractivity contribution in [2.75, 3.05) is 12.4 Å². The highest BCUT2D eigenvalue weighted by Crippen LogP contribution is 2.30. The molecule has 0 radical (unpaired) electrons. The summed E-state index contributed by atoms with van der Waals surface area (Å²) in [4.78, 5) is 9.49. The fraction of sp³-hybridized carbons (Fsp3) is 0.182. The third kappa shape index (κ3) is 2.26. The lowest BCUT2D eigenvalue weighted by atomic mass is 10.2. The number of anilines is 1. The highest BCUT2D eigenvalue weighted by molar-refractivity contribution is 7.18. The Bertz CT molecular complexity index is 536. The molecule has 0 aromatic carbocycles. The van der Waals surface area contributed by atoms with Gasteiger partial charge in [-0.15, -0.1) is 0 Å². The van der Waals surface area contributed by atoms with Crippen LogP contribution in [0.3, 0.4) is 0 Å². The summed E-state index contributed by atoms with van der Waals surface area (Å²) < 4.78 is 0. The SMILES string of the molecule is CNc1nc(-c2ccccn2)c(/C(C)=N/O)s1. The first-order valence-corrected chi connectivity index (χ1v) is 5.87. The number of hydrogen-bond donors (Lipinski definition) is 2. The number of pyridine rings is 1. The molecule has 0 unspecified atom stereocenters. The van der Waals surface area contributed by atoms with Gasteiger partial charge in [0.15, 0.2) is 5.13 Å². The number of rotatable bonds is 3. The van der Waals surface area contributed by atoms with Crippen molar-refractivity contribution >= 4 is 22.2 Å². The zero-order valence-electron chi connectivity index (χ0n) is 9.51. The van der Waals surface area contributed by atoms with E-state index >= 15 is 0 Å². The van der Waals surface area contributed by atoms with E-state index in [-0.39, 0.29) is 0 Å². The van der Waals surface area contributed by atoms with Crippen molar-refractivity contribution in [1.29, 1.82) is 0 Å². The molecule has 0 amide bonds. The largest absolute Gasteiger partial charge is 0.411 e. The molecule has 2 aromatic heterocycles. The molecule has 2 N–H and O–H groups in total. The first-order valence-electron chi connectivity index (χ1n) is 5.05. The molecule has 0 aliphatic heterocycles. The van der Waals surface area contributed by atoms with E-state index in [1.807, 2.05) is 18.2 Å². The van der Waals surface area contributed by atoms with E-state index in [1.54, 1.807) is 20.2 Å². The summed E-state index contributed by atoms with van der Waals surface area (Å²) in [6.07, 6.45) is 1.71. The first kappa shape index (κ1) is 11.5. The fourth-order valence-electron chi connectivity index (χ4n) is 1.39. The molecule has 0 saturated carbocycles. The lowest BCUT2D eigenvalue weighted by Crippen LogP contribution is -1.95. The van der Waals surface area contributed by atoms with E-state index in [0.717, 1.165) is 21.4 Å². The van der Waals surface area contributed by atoms with Crippen LogP contribution in [0.1, 0.15) is 11.8 Å². The maximum atomic E-state index is 8.87. The number of nitrogens with zero attached hydrogens (tertiary/aromatic N) is 3. The van der Waals surface area contributed by atoms with Crippen molar-refractivity contribution in [3.8, 4) is 11.4 Å². The third-order valence-corrected chi connectivity index (χ3v) is 3.41. The predicted molar refractivity (Wildman–Crippen MR) is 68.9 cm³/mol. The highest BCUT2D eigenvalue weighted by atomic mass is 32.1. The molecular weight excluding hydrogens is 236 g/mol. The molecule has 2 rings (SSSR count). The van der Waals surface area contributed by atoms with Gasteiger partial charge in [0.05, 0.1) is 16.3 Å². The highest BCUT2D eigenvalue weighted by Gasteiger charge is 2.15. The molecule has 2 heterocycles. The van der Waals surface area contributed by atoms with Gasteiger partial charge in [0, 0.05) is 13.2 Å². The van der Waals surface area contributed by atoms with E-state index in [4.69, 9.17) is 5.21 Å². The Hall–Kier alpha value is -1.95. The van der Waals surface area contributed by atoms with Crippen LogP contribution in [-0.2, 0) is 0 Å². The second-order valence-electron chi connectivity index (χ2n) is 3.35. The van der Waals surface area contributed by atoms with E-state index in [9.17, 15) is 0 Å². The zero-order valence-corrected chi connectivity index (χ0v) is 10.3. The number of aromatic nitrogens is 2. The Labute approximate surface area is 103 Å². The minimum atomic E-state index is 0.532. The summed E-state index contributed by atoms with van der Waals surface area (Å²) in [5.74, 6) is 0. The van der Waals surface area contributed by atoms with Crippen molar-refractivity contribution in [2.24, 2.45) is 5.16 Å². The van der Waals surface area contributed by atoms with Crippen LogP contribution >= 0.6 is 11.3 Å². The molecule has 0 bridgehead atoms. The average Bonchev–Trinajstić information content (AvgIpc) is 2.83. The van der Waals surface area contributed by atoms with Crippen LogP contribution in [0.15, 0.2) is 29.6 Å². The maximum Gasteiger partial charge on any atom is 0.183 e. The van der Waals surface area contributed by atoms with Crippen LogP contribution in [0.5, 0.6) is 0 Å². The first-order chi connectivity index (χ1) is 8.26. The van der Waals surface area contributed by atoms with Crippen LogP contribution in [0, 0.1) is 0 Å². The quantitative estimate of drug-likeness (QED) is 0.497. The van der Waals surface area contributed by atoms with E-state index in [0.29, 0.717) is 5.71 Å². The third-order valence-electron chi connectivity index (χ3n) is 2.23. The minimum Gasteiger partial charge on any atom is -0.411 e. The summed E-state index contributed by atoms with van der Waals surface area (Å²) in [5, 5.41) is 15.8. The molecule has 17 heavy (non-hydrogen) atoms. The fourth-order valence-corrected chi connectivity index (χ4v) is 2.26. The van der Waals surface area contributed by atoms with Gasteiger partial charge in [0.1, 0.15) is 5.69 Å². The monoisotopic (exact) mass is 248 g/mol. The van der Waals surface area contributed by atoms with Crippen molar-refractivity contribution < 1.29 is 5.21 Å².